The first kappa shape index (κ1) is 13.3. The molecule has 0 spiro atoms. The van der Waals surface area contributed by atoms with Crippen LogP contribution in [0.3, 0.4) is 0 Å². The molecule has 1 aromatic rings. The van der Waals surface area contributed by atoms with Crippen LogP contribution in [0.4, 0.5) is 0 Å². The van der Waals surface area contributed by atoms with E-state index in [1.54, 1.807) is 0 Å². The predicted octanol–water partition coefficient (Wildman–Crippen LogP) is -0.347. The lowest BCUT2D eigenvalue weighted by molar-refractivity contribution is -0.130. The van der Waals surface area contributed by atoms with E-state index in [-0.39, 0.29) is 11.5 Å². The molecule has 0 radical (unpaired) electrons. The highest BCUT2D eigenvalue weighted by molar-refractivity contribution is 5.76. The number of carbonyl (C=O) groups excluding carboxylic acids is 1. The standard InChI is InChI=1S/C14H20N4O2/c1-16-6-11-8-18(9-12(11)7-16)14(20)3-5-17-10-15-4-2-13(17)19/h2,4,10-12H,3,5-9H2,1H3/t11-,12+. The van der Waals surface area contributed by atoms with Crippen LogP contribution in [0.2, 0.25) is 0 Å². The molecule has 0 saturated carbocycles. The molecule has 0 aromatic carbocycles. The smallest absolute Gasteiger partial charge is 0.253 e. The quantitative estimate of drug-likeness (QED) is 0.757. The fourth-order valence-electron chi connectivity index (χ4n) is 3.35. The number of hydrogen-bond donors (Lipinski definition) is 0. The molecule has 0 aliphatic carbocycles. The van der Waals surface area contributed by atoms with E-state index in [1.165, 1.54) is 23.2 Å². The average molecular weight is 276 g/mol. The Balaban J connectivity index is 1.54. The van der Waals surface area contributed by atoms with Crippen molar-refractivity contribution < 1.29 is 4.79 Å². The molecule has 1 aromatic heterocycles. The third-order valence-electron chi connectivity index (χ3n) is 4.38. The van der Waals surface area contributed by atoms with Gasteiger partial charge in [0.1, 0.15) is 0 Å². The van der Waals surface area contributed by atoms with Crippen LogP contribution in [0.1, 0.15) is 6.42 Å². The van der Waals surface area contributed by atoms with Gasteiger partial charge < -0.3 is 9.80 Å². The van der Waals surface area contributed by atoms with Crippen LogP contribution in [0.25, 0.3) is 0 Å². The van der Waals surface area contributed by atoms with Crippen molar-refractivity contribution >= 4 is 5.91 Å². The first-order chi connectivity index (χ1) is 9.63. The summed E-state index contributed by atoms with van der Waals surface area (Å²) < 4.78 is 1.49. The number of nitrogens with zero attached hydrogens (tertiary/aromatic N) is 4. The van der Waals surface area contributed by atoms with Crippen molar-refractivity contribution in [2.45, 2.75) is 13.0 Å². The zero-order chi connectivity index (χ0) is 14.1. The summed E-state index contributed by atoms with van der Waals surface area (Å²) in [7, 11) is 2.14. The molecule has 0 bridgehead atoms. The molecule has 108 valence electrons. The van der Waals surface area contributed by atoms with E-state index in [0.717, 1.165) is 26.2 Å². The summed E-state index contributed by atoms with van der Waals surface area (Å²) in [5, 5.41) is 0. The van der Waals surface area contributed by atoms with Gasteiger partial charge in [-0.05, 0) is 18.9 Å². The van der Waals surface area contributed by atoms with Gasteiger partial charge in [-0.25, -0.2) is 4.98 Å². The van der Waals surface area contributed by atoms with E-state index in [2.05, 4.69) is 16.9 Å². The van der Waals surface area contributed by atoms with E-state index >= 15 is 0 Å². The van der Waals surface area contributed by atoms with E-state index in [4.69, 9.17) is 0 Å². The van der Waals surface area contributed by atoms with E-state index in [9.17, 15) is 9.59 Å². The van der Waals surface area contributed by atoms with Gasteiger partial charge in [0.15, 0.2) is 0 Å². The fraction of sp³-hybridized carbons (Fsp3) is 0.643. The van der Waals surface area contributed by atoms with E-state index in [1.807, 2.05) is 4.90 Å². The maximum Gasteiger partial charge on any atom is 0.253 e. The Morgan fingerprint density at radius 1 is 1.30 bits per heavy atom. The Morgan fingerprint density at radius 2 is 2.00 bits per heavy atom. The van der Waals surface area contributed by atoms with Gasteiger partial charge in [0.2, 0.25) is 5.91 Å². The summed E-state index contributed by atoms with van der Waals surface area (Å²) in [6.07, 6.45) is 3.34. The van der Waals surface area contributed by atoms with Crippen LogP contribution in [0, 0.1) is 11.8 Å². The average Bonchev–Trinajstić information content (AvgIpc) is 2.94. The first-order valence-electron chi connectivity index (χ1n) is 7.10. The van der Waals surface area contributed by atoms with Gasteiger partial charge in [0, 0.05) is 51.4 Å². The molecule has 3 rings (SSSR count). The van der Waals surface area contributed by atoms with Gasteiger partial charge in [-0.3, -0.25) is 14.2 Å². The number of likely N-dealkylation sites (tertiary alicyclic amines) is 2. The topological polar surface area (TPSA) is 58.4 Å². The van der Waals surface area contributed by atoms with Crippen LogP contribution < -0.4 is 5.56 Å². The van der Waals surface area contributed by atoms with E-state index < -0.39 is 0 Å². The Bertz CT molecular complexity index is 542. The highest BCUT2D eigenvalue weighted by atomic mass is 16.2. The second-order valence-corrected chi connectivity index (χ2v) is 5.90. The van der Waals surface area contributed by atoms with Crippen molar-refractivity contribution in [1.82, 2.24) is 19.4 Å². The molecular weight excluding hydrogens is 256 g/mol. The third kappa shape index (κ3) is 2.60. The normalized spacial score (nSPS) is 25.9. The molecule has 6 heteroatoms. The molecule has 0 N–H and O–H groups in total. The van der Waals surface area contributed by atoms with Crippen molar-refractivity contribution in [3.8, 4) is 0 Å². The van der Waals surface area contributed by atoms with Crippen LogP contribution in [-0.2, 0) is 11.3 Å². The fourth-order valence-corrected chi connectivity index (χ4v) is 3.35. The second kappa shape index (κ2) is 5.36. The molecule has 2 aliphatic rings. The van der Waals surface area contributed by atoms with Gasteiger partial charge >= 0.3 is 0 Å². The number of rotatable bonds is 3. The minimum atomic E-state index is -0.104. The molecular formula is C14H20N4O2. The summed E-state index contributed by atoms with van der Waals surface area (Å²) >= 11 is 0. The van der Waals surface area contributed by atoms with Crippen LogP contribution in [-0.4, -0.2) is 58.5 Å². The number of hydrogen-bond acceptors (Lipinski definition) is 4. The molecule has 2 atom stereocenters. The van der Waals surface area contributed by atoms with Gasteiger partial charge in [-0.2, -0.15) is 0 Å². The minimum absolute atomic E-state index is 0.104. The van der Waals surface area contributed by atoms with Crippen molar-refractivity contribution in [2.24, 2.45) is 11.8 Å². The Hall–Kier alpha value is -1.69. The Labute approximate surface area is 118 Å². The van der Waals surface area contributed by atoms with Gasteiger partial charge in [0.05, 0.1) is 6.33 Å². The first-order valence-corrected chi connectivity index (χ1v) is 7.10. The summed E-state index contributed by atoms with van der Waals surface area (Å²) in [6, 6.07) is 1.42. The van der Waals surface area contributed by atoms with Gasteiger partial charge in [-0.1, -0.05) is 0 Å². The number of amides is 1. The maximum atomic E-state index is 12.2. The second-order valence-electron chi connectivity index (χ2n) is 5.90. The Morgan fingerprint density at radius 3 is 2.65 bits per heavy atom. The highest BCUT2D eigenvalue weighted by Crippen LogP contribution is 2.30. The summed E-state index contributed by atoms with van der Waals surface area (Å²) in [5.74, 6) is 1.41. The molecule has 2 fully saturated rings. The number of fused-ring (bicyclic) bond motifs is 1. The lowest BCUT2D eigenvalue weighted by Crippen LogP contribution is -2.33. The molecule has 0 unspecified atom stereocenters. The predicted molar refractivity (Wildman–Crippen MR) is 74.2 cm³/mol. The van der Waals surface area contributed by atoms with Crippen molar-refractivity contribution in [1.29, 1.82) is 0 Å². The molecule has 1 amide bonds. The van der Waals surface area contributed by atoms with Crippen LogP contribution in [0.5, 0.6) is 0 Å². The van der Waals surface area contributed by atoms with E-state index in [0.29, 0.717) is 24.8 Å². The molecule has 20 heavy (non-hydrogen) atoms. The number of carbonyl (C=O) groups is 1. The molecule has 6 nitrogen and oxygen atoms in total. The largest absolute Gasteiger partial charge is 0.342 e. The highest BCUT2D eigenvalue weighted by Gasteiger charge is 2.39. The molecule has 2 aliphatic heterocycles. The number of aryl methyl sites for hydroxylation is 1. The van der Waals surface area contributed by atoms with Crippen molar-refractivity contribution in [3.05, 3.63) is 28.9 Å². The summed E-state index contributed by atoms with van der Waals surface area (Å²) in [6.45, 7) is 4.34. The van der Waals surface area contributed by atoms with Crippen LogP contribution in [0.15, 0.2) is 23.4 Å². The SMILES string of the molecule is CN1C[C@@H]2CN(C(=O)CCn3cnccc3=O)C[C@@H]2C1. The van der Waals surface area contributed by atoms with Gasteiger partial charge in [-0.15, -0.1) is 0 Å². The van der Waals surface area contributed by atoms with Crippen molar-refractivity contribution in [2.75, 3.05) is 33.2 Å². The molecule has 2 saturated heterocycles. The Kier molecular flexibility index (Phi) is 3.56. The maximum absolute atomic E-state index is 12.2. The number of aromatic nitrogens is 2. The van der Waals surface area contributed by atoms with Crippen molar-refractivity contribution in [3.63, 3.8) is 0 Å². The lowest BCUT2D eigenvalue weighted by Gasteiger charge is -2.19. The monoisotopic (exact) mass is 276 g/mol. The van der Waals surface area contributed by atoms with Gasteiger partial charge in [0.25, 0.3) is 5.56 Å². The lowest BCUT2D eigenvalue weighted by atomic mass is 10.0. The summed E-state index contributed by atoms with van der Waals surface area (Å²) in [4.78, 5) is 32.0. The zero-order valence-corrected chi connectivity index (χ0v) is 11.7. The minimum Gasteiger partial charge on any atom is -0.342 e. The summed E-state index contributed by atoms with van der Waals surface area (Å²) in [5.41, 5.74) is -0.104. The zero-order valence-electron chi connectivity index (χ0n) is 11.7. The third-order valence-corrected chi connectivity index (χ3v) is 4.38. The van der Waals surface area contributed by atoms with Crippen LogP contribution >= 0.6 is 0 Å². The molecule has 3 heterocycles.